The molecule has 5 atom stereocenters. The maximum absolute atomic E-state index is 17.0. The predicted octanol–water partition coefficient (Wildman–Crippen LogP) is 5.06. The van der Waals surface area contributed by atoms with E-state index in [-0.39, 0.29) is 37.0 Å². The van der Waals surface area contributed by atoms with E-state index < -0.39 is 35.5 Å². The molecule has 1 aromatic rings. The number of carbonyl (C=O) groups excluding carboxylic acids is 1. The van der Waals surface area contributed by atoms with Gasteiger partial charge in [0.25, 0.3) is 0 Å². The molecule has 0 radical (unpaired) electrons. The van der Waals surface area contributed by atoms with Crippen molar-refractivity contribution in [1.82, 2.24) is 14.7 Å². The Hall–Kier alpha value is -4.35. The van der Waals surface area contributed by atoms with Gasteiger partial charge in [0.1, 0.15) is 24.5 Å². The van der Waals surface area contributed by atoms with Crippen molar-refractivity contribution in [2.75, 3.05) is 39.3 Å². The molecule has 1 amide bonds. The number of nitriles is 2. The number of carbonyl (C=O) groups is 1. The van der Waals surface area contributed by atoms with E-state index in [1.54, 1.807) is 11.1 Å². The van der Waals surface area contributed by atoms with E-state index in [1.165, 1.54) is 11.6 Å². The number of hydrogen-bond donors (Lipinski definition) is 0. The Kier molecular flexibility index (Phi) is 8.91. The molecule has 0 aromatic heterocycles. The quantitative estimate of drug-likeness (QED) is 0.381. The van der Waals surface area contributed by atoms with Gasteiger partial charge in [-0.05, 0) is 62.3 Å². The van der Waals surface area contributed by atoms with Crippen LogP contribution in [0, 0.1) is 28.6 Å². The van der Waals surface area contributed by atoms with Crippen LogP contribution in [0.2, 0.25) is 0 Å². The molecular weight excluding hydrogens is 612 g/mol. The zero-order valence-corrected chi connectivity index (χ0v) is 27.2. The van der Waals surface area contributed by atoms with Gasteiger partial charge in [-0.1, -0.05) is 24.8 Å². The number of amides is 1. The molecule has 1 aromatic carbocycles. The molecule has 5 aliphatic heterocycles. The van der Waals surface area contributed by atoms with Crippen LogP contribution >= 0.6 is 0 Å². The normalized spacial score (nSPS) is 29.9. The number of benzene rings is 1. The average molecular weight is 654 g/mol. The third-order valence-electron chi connectivity index (χ3n) is 11.1. The molecule has 1 aliphatic carbocycles. The van der Waals surface area contributed by atoms with Crippen LogP contribution in [0.3, 0.4) is 0 Å². The number of rotatable bonds is 7. The van der Waals surface area contributed by atoms with Gasteiger partial charge in [0.15, 0.2) is 5.83 Å². The van der Waals surface area contributed by atoms with Crippen molar-refractivity contribution in [3.8, 4) is 12.1 Å². The molecule has 0 N–H and O–H groups in total. The van der Waals surface area contributed by atoms with Crippen LogP contribution < -0.4 is 0 Å². The lowest BCUT2D eigenvalue weighted by molar-refractivity contribution is -0.130. The number of aryl methyl sites for hydroxylation is 1. The molecule has 9 nitrogen and oxygen atoms in total. The maximum Gasteiger partial charge on any atom is 0.246 e. The summed E-state index contributed by atoms with van der Waals surface area (Å²) in [6.45, 7) is 6.06. The number of alkyl halides is 1. The molecule has 0 spiro atoms. The van der Waals surface area contributed by atoms with Gasteiger partial charge in [0.05, 0.1) is 42.5 Å². The van der Waals surface area contributed by atoms with E-state index in [0.29, 0.717) is 43.9 Å². The molecule has 250 valence electrons. The van der Waals surface area contributed by atoms with Gasteiger partial charge in [-0.25, -0.2) is 13.8 Å². The van der Waals surface area contributed by atoms with Crippen LogP contribution in [0.4, 0.5) is 8.78 Å². The van der Waals surface area contributed by atoms with E-state index >= 15 is 4.39 Å². The first kappa shape index (κ1) is 32.2. The molecule has 2 unspecified atom stereocenters. The van der Waals surface area contributed by atoms with Crippen molar-refractivity contribution in [2.45, 2.75) is 81.6 Å². The first-order valence-electron chi connectivity index (χ1n) is 17.2. The lowest BCUT2D eigenvalue weighted by Crippen LogP contribution is -2.56. The molecule has 48 heavy (non-hydrogen) atoms. The van der Waals surface area contributed by atoms with Crippen LogP contribution in [-0.4, -0.2) is 95.8 Å². The third kappa shape index (κ3) is 5.62. The number of piperazine rings is 1. The standard InChI is InChI=1S/C37H41F2N7O2/c1-2-31(47)46-18-17-44(22-26(46)11-14-40)35-29(12-15-41)36(48-23-37-13-6-16-45(37)21-25(38)19-37)43-34-30(35)20-42-33(32(34)39)28-10-5-8-24-7-3-4-9-27(24)28/h2,5,8,10,20,25-26,30,34H,1,3-4,6-7,9,11-13,16-19,21-23H2/t25-,26+,30?,34?,37+/m1/s1. The molecule has 11 heteroatoms. The number of nitrogens with zero attached hydrogens (tertiary/aromatic N) is 7. The lowest BCUT2D eigenvalue weighted by Gasteiger charge is -2.46. The minimum Gasteiger partial charge on any atom is -0.476 e. The Balaban J connectivity index is 1.30. The highest BCUT2D eigenvalue weighted by atomic mass is 19.1. The summed E-state index contributed by atoms with van der Waals surface area (Å²) in [7, 11) is 0. The largest absolute Gasteiger partial charge is 0.476 e. The molecule has 0 bridgehead atoms. The smallest absolute Gasteiger partial charge is 0.246 e. The lowest BCUT2D eigenvalue weighted by atomic mass is 9.83. The third-order valence-corrected chi connectivity index (χ3v) is 11.1. The summed E-state index contributed by atoms with van der Waals surface area (Å²) in [5, 5.41) is 19.7. The number of dihydropyridines is 1. The summed E-state index contributed by atoms with van der Waals surface area (Å²) >= 11 is 0. The Morgan fingerprint density at radius 1 is 1.15 bits per heavy atom. The Morgan fingerprint density at radius 2 is 2.00 bits per heavy atom. The van der Waals surface area contributed by atoms with E-state index in [0.717, 1.165) is 56.2 Å². The highest BCUT2D eigenvalue weighted by molar-refractivity contribution is 5.98. The van der Waals surface area contributed by atoms with Gasteiger partial charge in [-0.15, -0.1) is 0 Å². The minimum absolute atomic E-state index is 0.0349. The maximum atomic E-state index is 17.0. The second-order valence-electron chi connectivity index (χ2n) is 13.8. The first-order valence-corrected chi connectivity index (χ1v) is 17.2. The molecular formula is C37H41F2N7O2. The summed E-state index contributed by atoms with van der Waals surface area (Å²) in [5.41, 5.74) is 4.20. The fourth-order valence-electron chi connectivity index (χ4n) is 8.85. The summed E-state index contributed by atoms with van der Waals surface area (Å²) < 4.78 is 38.2. The van der Waals surface area contributed by atoms with Gasteiger partial charge < -0.3 is 14.5 Å². The highest BCUT2D eigenvalue weighted by Crippen LogP contribution is 2.44. The molecule has 3 saturated heterocycles. The minimum atomic E-state index is -0.971. The topological polar surface area (TPSA) is 108 Å². The van der Waals surface area contributed by atoms with Crippen molar-refractivity contribution in [3.05, 3.63) is 64.6 Å². The van der Waals surface area contributed by atoms with Gasteiger partial charge in [0.2, 0.25) is 11.8 Å². The van der Waals surface area contributed by atoms with E-state index in [2.05, 4.69) is 34.6 Å². The van der Waals surface area contributed by atoms with E-state index in [4.69, 9.17) is 14.7 Å². The van der Waals surface area contributed by atoms with E-state index in [1.807, 2.05) is 12.1 Å². The van der Waals surface area contributed by atoms with Crippen molar-refractivity contribution in [3.63, 3.8) is 0 Å². The van der Waals surface area contributed by atoms with Crippen molar-refractivity contribution in [1.29, 1.82) is 10.5 Å². The number of ether oxygens (including phenoxy) is 1. The van der Waals surface area contributed by atoms with Crippen LogP contribution in [0.1, 0.15) is 61.6 Å². The summed E-state index contributed by atoms with van der Waals surface area (Å²) in [5.74, 6) is -1.11. The summed E-state index contributed by atoms with van der Waals surface area (Å²) in [4.78, 5) is 28.2. The zero-order chi connectivity index (χ0) is 33.4. The van der Waals surface area contributed by atoms with E-state index in [9.17, 15) is 19.7 Å². The zero-order valence-electron chi connectivity index (χ0n) is 27.2. The second kappa shape index (κ2) is 13.3. The van der Waals surface area contributed by atoms with Gasteiger partial charge in [0, 0.05) is 55.6 Å². The molecule has 6 aliphatic rings. The van der Waals surface area contributed by atoms with Crippen LogP contribution in [-0.2, 0) is 22.4 Å². The van der Waals surface area contributed by atoms with Crippen LogP contribution in [0.5, 0.6) is 0 Å². The van der Waals surface area contributed by atoms with Crippen LogP contribution in [0.25, 0.3) is 5.70 Å². The molecule has 3 fully saturated rings. The van der Waals surface area contributed by atoms with Gasteiger partial charge in [-0.3, -0.25) is 14.7 Å². The summed E-state index contributed by atoms with van der Waals surface area (Å²) in [6.07, 6.45) is 8.23. The average Bonchev–Trinajstić information content (AvgIpc) is 3.63. The second-order valence-corrected chi connectivity index (χ2v) is 13.8. The summed E-state index contributed by atoms with van der Waals surface area (Å²) in [6, 6.07) is 9.07. The molecule has 7 rings (SSSR count). The number of fused-ring (bicyclic) bond motifs is 3. The van der Waals surface area contributed by atoms with Gasteiger partial charge >= 0.3 is 0 Å². The number of hydrogen-bond acceptors (Lipinski definition) is 8. The Labute approximate surface area is 280 Å². The fourth-order valence-corrected chi connectivity index (χ4v) is 8.85. The number of aliphatic imine (C=N–C) groups is 2. The van der Waals surface area contributed by atoms with Gasteiger partial charge in [-0.2, -0.15) is 10.5 Å². The van der Waals surface area contributed by atoms with Crippen molar-refractivity contribution in [2.24, 2.45) is 15.9 Å². The predicted molar refractivity (Wildman–Crippen MR) is 178 cm³/mol. The molecule has 5 heterocycles. The fraction of sp³-hybridized carbons (Fsp3) is 0.541. The SMILES string of the molecule is C=CC(=O)N1CCN(C2=C(CC#N)C(OC[C@@]34CCCN3C[C@H](F)C4)=NC3C(F)=C(c4cccc5c4CCCC5)N=CC23)C[C@@H]1CC#N. The monoisotopic (exact) mass is 653 g/mol. The first-order chi connectivity index (χ1) is 23.4. The Bertz CT molecular complexity index is 1700. The van der Waals surface area contributed by atoms with Crippen molar-refractivity contribution < 1.29 is 18.3 Å². The number of halogens is 2. The Morgan fingerprint density at radius 3 is 2.81 bits per heavy atom. The van der Waals surface area contributed by atoms with Crippen LogP contribution in [0.15, 0.2) is 57.9 Å². The van der Waals surface area contributed by atoms with Crippen molar-refractivity contribution >= 4 is 23.7 Å². The molecule has 0 saturated carbocycles. The highest BCUT2D eigenvalue weighted by Gasteiger charge is 2.50.